The zero-order chi connectivity index (χ0) is 22.4. The van der Waals surface area contributed by atoms with E-state index in [9.17, 15) is 0 Å². The fourth-order valence-corrected chi connectivity index (χ4v) is 4.84. The first-order chi connectivity index (χ1) is 16.2. The van der Waals surface area contributed by atoms with Gasteiger partial charge in [-0.3, -0.25) is 0 Å². The Hall–Kier alpha value is -4.10. The highest BCUT2D eigenvalue weighted by molar-refractivity contribution is 6.14. The first kappa shape index (κ1) is 19.6. The van der Waals surface area contributed by atoms with Crippen LogP contribution in [0, 0.1) is 13.8 Å². The third-order valence-electron chi connectivity index (χ3n) is 6.50. The Labute approximate surface area is 194 Å². The molecule has 0 unspecified atom stereocenters. The van der Waals surface area contributed by atoms with Gasteiger partial charge in [0.2, 0.25) is 0 Å². The van der Waals surface area contributed by atoms with Crippen LogP contribution in [-0.2, 0) is 0 Å². The van der Waals surface area contributed by atoms with Gasteiger partial charge >= 0.3 is 0 Å². The molecule has 0 radical (unpaired) electrons. The number of hydrogen-bond donors (Lipinski definition) is 1. The fourth-order valence-electron chi connectivity index (χ4n) is 4.84. The van der Waals surface area contributed by atoms with Crippen molar-refractivity contribution in [3.05, 3.63) is 120 Å². The number of aryl methyl sites for hydroxylation is 2. The monoisotopic (exact) mass is 423 g/mol. The van der Waals surface area contributed by atoms with Crippen molar-refractivity contribution in [3.8, 4) is 33.4 Å². The molecule has 1 N–H and O–H groups in total. The summed E-state index contributed by atoms with van der Waals surface area (Å²) in [5, 5.41) is 2.52. The fraction of sp³-hybridized carbons (Fsp3) is 0.0625. The van der Waals surface area contributed by atoms with Gasteiger partial charge in [-0.1, -0.05) is 96.1 Å². The van der Waals surface area contributed by atoms with Crippen molar-refractivity contribution in [2.75, 3.05) is 0 Å². The van der Waals surface area contributed by atoms with Gasteiger partial charge < -0.3 is 4.98 Å². The van der Waals surface area contributed by atoms with Gasteiger partial charge in [0, 0.05) is 21.9 Å². The standard InChI is InChI=1S/C32H25N/c1-21-8-6-12-24(16-21)26-14-15-31-29(18-26)30-20-27(25-13-7-9-22(2)17-25)19-28(32(30)33-31)23-10-4-3-5-11-23/h3-20,33H,1-2H3. The number of H-pyrrole nitrogens is 1. The Morgan fingerprint density at radius 3 is 1.76 bits per heavy atom. The molecular formula is C32H25N. The van der Waals surface area contributed by atoms with Crippen LogP contribution in [-0.4, -0.2) is 4.98 Å². The highest BCUT2D eigenvalue weighted by Crippen LogP contribution is 2.39. The summed E-state index contributed by atoms with van der Waals surface area (Å²) in [5.41, 5.74) is 12.4. The summed E-state index contributed by atoms with van der Waals surface area (Å²) in [6.07, 6.45) is 0. The lowest BCUT2D eigenvalue weighted by atomic mass is 9.94. The Kier molecular flexibility index (Phi) is 4.62. The molecule has 0 spiro atoms. The molecule has 1 heterocycles. The van der Waals surface area contributed by atoms with E-state index >= 15 is 0 Å². The van der Waals surface area contributed by atoms with Crippen LogP contribution in [0.25, 0.3) is 55.2 Å². The second-order valence-corrected chi connectivity index (χ2v) is 8.94. The number of hydrogen-bond acceptors (Lipinski definition) is 0. The second kappa shape index (κ2) is 7.79. The molecule has 6 aromatic rings. The minimum Gasteiger partial charge on any atom is -0.354 e. The normalized spacial score (nSPS) is 11.3. The minimum atomic E-state index is 1.17. The maximum Gasteiger partial charge on any atom is 0.0544 e. The van der Waals surface area contributed by atoms with Gasteiger partial charge in [0.15, 0.2) is 0 Å². The van der Waals surface area contributed by atoms with Crippen molar-refractivity contribution in [1.82, 2.24) is 4.98 Å². The van der Waals surface area contributed by atoms with Crippen molar-refractivity contribution >= 4 is 21.8 Å². The molecule has 0 atom stereocenters. The second-order valence-electron chi connectivity index (χ2n) is 8.94. The topological polar surface area (TPSA) is 15.8 Å². The number of rotatable bonds is 3. The molecule has 1 heteroatoms. The van der Waals surface area contributed by atoms with Gasteiger partial charge in [-0.2, -0.15) is 0 Å². The highest BCUT2D eigenvalue weighted by atomic mass is 14.7. The predicted octanol–water partition coefficient (Wildman–Crippen LogP) is 8.94. The summed E-state index contributed by atoms with van der Waals surface area (Å²) in [6, 6.07) is 39.6. The molecule has 1 aromatic heterocycles. The average Bonchev–Trinajstić information content (AvgIpc) is 3.22. The van der Waals surface area contributed by atoms with Gasteiger partial charge in [-0.25, -0.2) is 0 Å². The van der Waals surface area contributed by atoms with Crippen LogP contribution >= 0.6 is 0 Å². The lowest BCUT2D eigenvalue weighted by Crippen LogP contribution is -1.85. The van der Waals surface area contributed by atoms with Crippen molar-refractivity contribution in [1.29, 1.82) is 0 Å². The van der Waals surface area contributed by atoms with Crippen LogP contribution in [0.5, 0.6) is 0 Å². The summed E-state index contributed by atoms with van der Waals surface area (Å²) in [7, 11) is 0. The third-order valence-corrected chi connectivity index (χ3v) is 6.50. The number of aromatic nitrogens is 1. The van der Waals surface area contributed by atoms with Crippen molar-refractivity contribution in [3.63, 3.8) is 0 Å². The van der Waals surface area contributed by atoms with Gasteiger partial charge in [0.05, 0.1) is 5.52 Å². The van der Waals surface area contributed by atoms with Crippen LogP contribution in [0.1, 0.15) is 11.1 Å². The number of fused-ring (bicyclic) bond motifs is 3. The molecule has 0 fully saturated rings. The van der Waals surface area contributed by atoms with Gasteiger partial charge in [-0.05, 0) is 65.9 Å². The van der Waals surface area contributed by atoms with E-state index in [0.29, 0.717) is 0 Å². The number of benzene rings is 5. The summed E-state index contributed by atoms with van der Waals surface area (Å²) >= 11 is 0. The van der Waals surface area contributed by atoms with E-state index in [-0.39, 0.29) is 0 Å². The third kappa shape index (κ3) is 3.52. The lowest BCUT2D eigenvalue weighted by molar-refractivity contribution is 1.47. The molecule has 158 valence electrons. The molecule has 6 rings (SSSR count). The molecule has 0 bridgehead atoms. The average molecular weight is 424 g/mol. The van der Waals surface area contributed by atoms with E-state index in [1.165, 1.54) is 66.3 Å². The Bertz CT molecular complexity index is 1620. The van der Waals surface area contributed by atoms with E-state index in [4.69, 9.17) is 0 Å². The summed E-state index contributed by atoms with van der Waals surface area (Å²) in [6.45, 7) is 4.30. The smallest absolute Gasteiger partial charge is 0.0544 e. The zero-order valence-electron chi connectivity index (χ0n) is 18.9. The van der Waals surface area contributed by atoms with E-state index in [1.807, 2.05) is 0 Å². The molecule has 0 aliphatic heterocycles. The maximum atomic E-state index is 3.73. The molecule has 1 nitrogen and oxygen atoms in total. The summed E-state index contributed by atoms with van der Waals surface area (Å²) < 4.78 is 0. The van der Waals surface area contributed by atoms with Crippen LogP contribution in [0.2, 0.25) is 0 Å². The first-order valence-electron chi connectivity index (χ1n) is 11.4. The minimum absolute atomic E-state index is 1.17. The quantitative estimate of drug-likeness (QED) is 0.292. The van der Waals surface area contributed by atoms with E-state index in [1.54, 1.807) is 0 Å². The molecule has 33 heavy (non-hydrogen) atoms. The first-order valence-corrected chi connectivity index (χ1v) is 11.4. The Balaban J connectivity index is 1.66. The van der Waals surface area contributed by atoms with Gasteiger partial charge in [0.25, 0.3) is 0 Å². The van der Waals surface area contributed by atoms with Crippen LogP contribution in [0.15, 0.2) is 109 Å². The van der Waals surface area contributed by atoms with Crippen molar-refractivity contribution < 1.29 is 0 Å². The van der Waals surface area contributed by atoms with Crippen LogP contribution in [0.4, 0.5) is 0 Å². The van der Waals surface area contributed by atoms with Crippen LogP contribution < -0.4 is 0 Å². The summed E-state index contributed by atoms with van der Waals surface area (Å²) in [5.74, 6) is 0. The van der Waals surface area contributed by atoms with Gasteiger partial charge in [0.1, 0.15) is 0 Å². The largest absolute Gasteiger partial charge is 0.354 e. The molecule has 5 aromatic carbocycles. The van der Waals surface area contributed by atoms with Crippen molar-refractivity contribution in [2.45, 2.75) is 13.8 Å². The summed E-state index contributed by atoms with van der Waals surface area (Å²) in [4.78, 5) is 3.73. The molecule has 0 saturated heterocycles. The Morgan fingerprint density at radius 1 is 0.455 bits per heavy atom. The molecule has 0 saturated carbocycles. The SMILES string of the molecule is Cc1cccc(-c2ccc3[nH]c4c(-c5ccccc5)cc(-c5cccc(C)c5)cc4c3c2)c1. The molecular weight excluding hydrogens is 398 g/mol. The molecule has 0 amide bonds. The highest BCUT2D eigenvalue weighted by Gasteiger charge is 2.14. The zero-order valence-corrected chi connectivity index (χ0v) is 18.9. The van der Waals surface area contributed by atoms with E-state index in [2.05, 4.69) is 128 Å². The van der Waals surface area contributed by atoms with E-state index in [0.717, 1.165) is 0 Å². The maximum absolute atomic E-state index is 3.73. The van der Waals surface area contributed by atoms with E-state index < -0.39 is 0 Å². The van der Waals surface area contributed by atoms with Crippen molar-refractivity contribution in [2.24, 2.45) is 0 Å². The van der Waals surface area contributed by atoms with Gasteiger partial charge in [-0.15, -0.1) is 0 Å². The predicted molar refractivity (Wildman–Crippen MR) is 142 cm³/mol. The lowest BCUT2D eigenvalue weighted by Gasteiger charge is -2.10. The van der Waals surface area contributed by atoms with Crippen LogP contribution in [0.3, 0.4) is 0 Å². The Morgan fingerprint density at radius 2 is 1.06 bits per heavy atom. The molecule has 0 aliphatic rings. The number of nitrogens with one attached hydrogen (secondary N) is 1. The number of aromatic amines is 1. The molecule has 0 aliphatic carbocycles.